The third-order valence-electron chi connectivity index (χ3n) is 5.04. The van der Waals surface area contributed by atoms with Crippen LogP contribution in [-0.4, -0.2) is 61.7 Å². The second kappa shape index (κ2) is 9.81. The van der Waals surface area contributed by atoms with Gasteiger partial charge in [0.1, 0.15) is 0 Å². The minimum atomic E-state index is 0.779. The molecule has 0 spiro atoms. The van der Waals surface area contributed by atoms with Crippen LogP contribution in [0, 0.1) is 5.92 Å². The molecule has 2 rings (SSSR count). The summed E-state index contributed by atoms with van der Waals surface area (Å²) in [4.78, 5) is 5.47. The van der Waals surface area contributed by atoms with Crippen LogP contribution in [0.5, 0.6) is 0 Å². The topological polar surface area (TPSA) is 18.5 Å². The van der Waals surface area contributed by atoms with E-state index in [4.69, 9.17) is 0 Å². The standard InChI is InChI=1S/C18H37N3/c1-17(2)15-19-10-5-3-6-11-20-14-9-18(16-20)21-12-7-4-8-13-21/h17-19H,3-16H2,1-2H3. The monoisotopic (exact) mass is 295 g/mol. The van der Waals surface area contributed by atoms with Crippen LogP contribution in [0.1, 0.15) is 58.8 Å². The van der Waals surface area contributed by atoms with E-state index in [-0.39, 0.29) is 0 Å². The summed E-state index contributed by atoms with van der Waals surface area (Å²) >= 11 is 0. The molecule has 2 aliphatic rings. The molecule has 1 N–H and O–H groups in total. The molecule has 124 valence electrons. The molecule has 0 aromatic rings. The Morgan fingerprint density at radius 2 is 1.81 bits per heavy atom. The van der Waals surface area contributed by atoms with Gasteiger partial charge in [-0.3, -0.25) is 4.90 Å². The van der Waals surface area contributed by atoms with E-state index in [0.29, 0.717) is 0 Å². The summed E-state index contributed by atoms with van der Waals surface area (Å²) < 4.78 is 0. The lowest BCUT2D eigenvalue weighted by Crippen LogP contribution is -2.40. The van der Waals surface area contributed by atoms with Crippen molar-refractivity contribution in [2.24, 2.45) is 5.92 Å². The summed E-state index contributed by atoms with van der Waals surface area (Å²) in [5.41, 5.74) is 0. The van der Waals surface area contributed by atoms with Crippen molar-refractivity contribution in [3.8, 4) is 0 Å². The number of likely N-dealkylation sites (tertiary alicyclic amines) is 2. The Morgan fingerprint density at radius 1 is 1.00 bits per heavy atom. The van der Waals surface area contributed by atoms with Gasteiger partial charge in [-0.2, -0.15) is 0 Å². The minimum absolute atomic E-state index is 0.779. The predicted molar refractivity (Wildman–Crippen MR) is 91.8 cm³/mol. The lowest BCUT2D eigenvalue weighted by molar-refractivity contribution is 0.162. The van der Waals surface area contributed by atoms with Gasteiger partial charge in [0.2, 0.25) is 0 Å². The molecule has 2 heterocycles. The summed E-state index contributed by atoms with van der Waals surface area (Å²) in [6.45, 7) is 13.7. The maximum Gasteiger partial charge on any atom is 0.0235 e. The largest absolute Gasteiger partial charge is 0.316 e. The van der Waals surface area contributed by atoms with Crippen LogP contribution in [0.3, 0.4) is 0 Å². The van der Waals surface area contributed by atoms with E-state index in [0.717, 1.165) is 12.0 Å². The van der Waals surface area contributed by atoms with E-state index in [1.807, 2.05) is 0 Å². The van der Waals surface area contributed by atoms with Crippen molar-refractivity contribution >= 4 is 0 Å². The Labute approximate surface area is 132 Å². The lowest BCUT2D eigenvalue weighted by atomic mass is 10.1. The third kappa shape index (κ3) is 6.66. The summed E-state index contributed by atoms with van der Waals surface area (Å²) in [7, 11) is 0. The molecule has 1 unspecified atom stereocenters. The van der Waals surface area contributed by atoms with Gasteiger partial charge in [0, 0.05) is 12.6 Å². The van der Waals surface area contributed by atoms with E-state index in [9.17, 15) is 0 Å². The molecule has 0 bridgehead atoms. The molecule has 3 heteroatoms. The van der Waals surface area contributed by atoms with Gasteiger partial charge in [0.15, 0.2) is 0 Å². The third-order valence-corrected chi connectivity index (χ3v) is 5.04. The molecule has 0 saturated carbocycles. The molecule has 0 aromatic heterocycles. The van der Waals surface area contributed by atoms with Crippen molar-refractivity contribution in [2.45, 2.75) is 64.8 Å². The van der Waals surface area contributed by atoms with Crippen molar-refractivity contribution in [1.82, 2.24) is 15.1 Å². The van der Waals surface area contributed by atoms with Crippen LogP contribution in [0.25, 0.3) is 0 Å². The molecule has 0 radical (unpaired) electrons. The van der Waals surface area contributed by atoms with E-state index >= 15 is 0 Å². The maximum absolute atomic E-state index is 3.54. The number of nitrogens with one attached hydrogen (secondary N) is 1. The van der Waals surface area contributed by atoms with Gasteiger partial charge in [0.25, 0.3) is 0 Å². The first-order chi connectivity index (χ1) is 10.3. The van der Waals surface area contributed by atoms with Crippen molar-refractivity contribution in [3.63, 3.8) is 0 Å². The molecule has 21 heavy (non-hydrogen) atoms. The van der Waals surface area contributed by atoms with Crippen LogP contribution in [0.15, 0.2) is 0 Å². The normalized spacial score (nSPS) is 25.0. The van der Waals surface area contributed by atoms with Crippen molar-refractivity contribution in [2.75, 3.05) is 45.8 Å². The van der Waals surface area contributed by atoms with E-state index in [1.165, 1.54) is 90.8 Å². The average molecular weight is 296 g/mol. The highest BCUT2D eigenvalue weighted by molar-refractivity contribution is 4.84. The Hall–Kier alpha value is -0.120. The first kappa shape index (κ1) is 17.2. The van der Waals surface area contributed by atoms with Crippen molar-refractivity contribution in [3.05, 3.63) is 0 Å². The first-order valence-corrected chi connectivity index (χ1v) is 9.43. The predicted octanol–water partition coefficient (Wildman–Crippen LogP) is 2.96. The van der Waals surface area contributed by atoms with Gasteiger partial charge in [-0.1, -0.05) is 26.7 Å². The Morgan fingerprint density at radius 3 is 2.57 bits per heavy atom. The summed E-state index contributed by atoms with van der Waals surface area (Å²) in [6, 6.07) is 0.873. The first-order valence-electron chi connectivity index (χ1n) is 9.43. The SMILES string of the molecule is CC(C)CNCCCCCN1CCC(N2CCCCC2)C1. The van der Waals surface area contributed by atoms with Crippen LogP contribution >= 0.6 is 0 Å². The molecule has 3 nitrogen and oxygen atoms in total. The molecular weight excluding hydrogens is 258 g/mol. The van der Waals surface area contributed by atoms with Gasteiger partial charge in [-0.05, 0) is 77.3 Å². The zero-order valence-electron chi connectivity index (χ0n) is 14.4. The molecule has 0 amide bonds. The number of hydrogen-bond donors (Lipinski definition) is 1. The molecule has 1 atom stereocenters. The van der Waals surface area contributed by atoms with Gasteiger partial charge in [0.05, 0.1) is 0 Å². The molecule has 2 fully saturated rings. The molecule has 0 aromatic carbocycles. The molecule has 2 aliphatic heterocycles. The van der Waals surface area contributed by atoms with E-state index < -0.39 is 0 Å². The van der Waals surface area contributed by atoms with Gasteiger partial charge < -0.3 is 10.2 Å². The zero-order chi connectivity index (χ0) is 14.9. The second-order valence-electron chi connectivity index (χ2n) is 7.50. The smallest absolute Gasteiger partial charge is 0.0235 e. The molecule has 0 aliphatic carbocycles. The van der Waals surface area contributed by atoms with Crippen LogP contribution in [0.2, 0.25) is 0 Å². The summed E-state index contributed by atoms with van der Waals surface area (Å²) in [5.74, 6) is 0.779. The van der Waals surface area contributed by atoms with E-state index in [2.05, 4.69) is 29.0 Å². The number of unbranched alkanes of at least 4 members (excludes halogenated alkanes) is 2. The van der Waals surface area contributed by atoms with Crippen LogP contribution in [0.4, 0.5) is 0 Å². The molecule has 2 saturated heterocycles. The Balaban J connectivity index is 1.46. The highest BCUT2D eigenvalue weighted by Crippen LogP contribution is 2.20. The Bertz CT molecular complexity index is 261. The van der Waals surface area contributed by atoms with Gasteiger partial charge in [-0.15, -0.1) is 0 Å². The molecular formula is C18H37N3. The number of hydrogen-bond acceptors (Lipinski definition) is 3. The number of nitrogens with zero attached hydrogens (tertiary/aromatic N) is 2. The van der Waals surface area contributed by atoms with Crippen LogP contribution < -0.4 is 5.32 Å². The number of piperidine rings is 1. The quantitative estimate of drug-likeness (QED) is 0.660. The fourth-order valence-electron chi connectivity index (χ4n) is 3.75. The van der Waals surface area contributed by atoms with Crippen LogP contribution in [-0.2, 0) is 0 Å². The fourth-order valence-corrected chi connectivity index (χ4v) is 3.75. The number of rotatable bonds is 9. The minimum Gasteiger partial charge on any atom is -0.316 e. The fraction of sp³-hybridized carbons (Fsp3) is 1.00. The maximum atomic E-state index is 3.54. The zero-order valence-corrected chi connectivity index (χ0v) is 14.4. The van der Waals surface area contributed by atoms with Crippen molar-refractivity contribution < 1.29 is 0 Å². The van der Waals surface area contributed by atoms with Gasteiger partial charge in [-0.25, -0.2) is 0 Å². The van der Waals surface area contributed by atoms with Crippen molar-refractivity contribution in [1.29, 1.82) is 0 Å². The Kier molecular flexibility index (Phi) is 8.05. The van der Waals surface area contributed by atoms with Gasteiger partial charge >= 0.3 is 0 Å². The second-order valence-corrected chi connectivity index (χ2v) is 7.50. The summed E-state index contributed by atoms with van der Waals surface area (Å²) in [5, 5.41) is 3.54. The lowest BCUT2D eigenvalue weighted by Gasteiger charge is -2.32. The summed E-state index contributed by atoms with van der Waals surface area (Å²) in [6.07, 6.45) is 9.84. The highest BCUT2D eigenvalue weighted by Gasteiger charge is 2.27. The highest BCUT2D eigenvalue weighted by atomic mass is 15.3. The average Bonchev–Trinajstić information content (AvgIpc) is 2.96. The van der Waals surface area contributed by atoms with E-state index in [1.54, 1.807) is 0 Å².